The van der Waals surface area contributed by atoms with Crippen LogP contribution >= 0.6 is 11.6 Å². The molecule has 0 aromatic heterocycles. The van der Waals surface area contributed by atoms with Crippen LogP contribution < -0.4 is 5.32 Å². The third kappa shape index (κ3) is 9.68. The molecule has 0 amide bonds. The lowest BCUT2D eigenvalue weighted by Crippen LogP contribution is -2.42. The van der Waals surface area contributed by atoms with Gasteiger partial charge in [0.2, 0.25) is 0 Å². The molecule has 0 aliphatic carbocycles. The fourth-order valence-corrected chi connectivity index (χ4v) is 1.66. The van der Waals surface area contributed by atoms with E-state index in [0.717, 1.165) is 6.42 Å². The molecule has 6 heteroatoms. The standard InChI is InChI=1S/C11H21ClF3NO/c1-10(2,3)9(4-5-12)16-6-7-17-8-11(13,14)15/h9,16H,4-8H2,1-3H3. The lowest BCUT2D eigenvalue weighted by molar-refractivity contribution is -0.173. The van der Waals surface area contributed by atoms with Crippen LogP contribution in [-0.4, -0.2) is 37.9 Å². The second-order valence-electron chi connectivity index (χ2n) is 5.02. The minimum Gasteiger partial charge on any atom is -0.371 e. The highest BCUT2D eigenvalue weighted by atomic mass is 35.5. The maximum Gasteiger partial charge on any atom is 0.411 e. The van der Waals surface area contributed by atoms with Crippen LogP contribution in [0.1, 0.15) is 27.2 Å². The van der Waals surface area contributed by atoms with Crippen LogP contribution in [-0.2, 0) is 4.74 Å². The van der Waals surface area contributed by atoms with Gasteiger partial charge in [-0.15, -0.1) is 11.6 Å². The second-order valence-corrected chi connectivity index (χ2v) is 5.40. The lowest BCUT2D eigenvalue weighted by atomic mass is 9.85. The van der Waals surface area contributed by atoms with Crippen molar-refractivity contribution in [3.8, 4) is 0 Å². The van der Waals surface area contributed by atoms with Gasteiger partial charge in [-0.1, -0.05) is 20.8 Å². The zero-order chi connectivity index (χ0) is 13.5. The van der Waals surface area contributed by atoms with Gasteiger partial charge < -0.3 is 10.1 Å². The van der Waals surface area contributed by atoms with Gasteiger partial charge in [0.15, 0.2) is 0 Å². The number of hydrogen-bond acceptors (Lipinski definition) is 2. The van der Waals surface area contributed by atoms with E-state index in [1.165, 1.54) is 0 Å². The molecule has 0 spiro atoms. The molecule has 0 aromatic carbocycles. The average molecular weight is 276 g/mol. The third-order valence-electron chi connectivity index (χ3n) is 2.35. The molecule has 0 aliphatic rings. The Balaban J connectivity index is 3.77. The van der Waals surface area contributed by atoms with E-state index in [0.29, 0.717) is 12.4 Å². The molecule has 0 heterocycles. The predicted molar refractivity (Wildman–Crippen MR) is 63.5 cm³/mol. The average Bonchev–Trinajstić information content (AvgIpc) is 2.12. The van der Waals surface area contributed by atoms with Gasteiger partial charge in [-0.3, -0.25) is 0 Å². The predicted octanol–water partition coefficient (Wildman–Crippen LogP) is 3.20. The fraction of sp³-hybridized carbons (Fsp3) is 1.00. The Morgan fingerprint density at radius 3 is 2.24 bits per heavy atom. The van der Waals surface area contributed by atoms with Crippen molar-refractivity contribution in [2.24, 2.45) is 5.41 Å². The first-order chi connectivity index (χ1) is 7.67. The van der Waals surface area contributed by atoms with E-state index in [1.54, 1.807) is 0 Å². The summed E-state index contributed by atoms with van der Waals surface area (Å²) in [5.74, 6) is 0.526. The monoisotopic (exact) mass is 275 g/mol. The molecule has 0 saturated heterocycles. The lowest BCUT2D eigenvalue weighted by Gasteiger charge is -2.31. The van der Waals surface area contributed by atoms with E-state index in [9.17, 15) is 13.2 Å². The van der Waals surface area contributed by atoms with E-state index in [2.05, 4.69) is 30.8 Å². The van der Waals surface area contributed by atoms with Crippen molar-refractivity contribution in [2.45, 2.75) is 39.4 Å². The van der Waals surface area contributed by atoms with E-state index in [1.807, 2.05) is 0 Å². The Morgan fingerprint density at radius 1 is 1.24 bits per heavy atom. The van der Waals surface area contributed by atoms with Crippen LogP contribution in [0.2, 0.25) is 0 Å². The number of ether oxygens (including phenoxy) is 1. The van der Waals surface area contributed by atoms with Crippen LogP contribution in [0.15, 0.2) is 0 Å². The second kappa shape index (κ2) is 7.44. The number of alkyl halides is 4. The number of rotatable bonds is 7. The van der Waals surface area contributed by atoms with Crippen LogP contribution in [0.5, 0.6) is 0 Å². The van der Waals surface area contributed by atoms with Crippen LogP contribution in [0, 0.1) is 5.41 Å². The quantitative estimate of drug-likeness (QED) is 0.569. The fourth-order valence-electron chi connectivity index (χ4n) is 1.44. The van der Waals surface area contributed by atoms with Crippen LogP contribution in [0.4, 0.5) is 13.2 Å². The summed E-state index contributed by atoms with van der Waals surface area (Å²) in [4.78, 5) is 0. The minimum atomic E-state index is -4.25. The molecule has 2 nitrogen and oxygen atoms in total. The SMILES string of the molecule is CC(C)(C)C(CCCl)NCCOCC(F)(F)F. The van der Waals surface area contributed by atoms with Gasteiger partial charge >= 0.3 is 6.18 Å². The first-order valence-electron chi connectivity index (χ1n) is 5.60. The third-order valence-corrected chi connectivity index (χ3v) is 2.56. The maximum atomic E-state index is 11.8. The molecule has 1 unspecified atom stereocenters. The molecule has 0 aliphatic heterocycles. The van der Waals surface area contributed by atoms with Crippen molar-refractivity contribution in [2.75, 3.05) is 25.6 Å². The maximum absolute atomic E-state index is 11.8. The summed E-state index contributed by atoms with van der Waals surface area (Å²) in [5, 5.41) is 3.17. The molecule has 104 valence electrons. The van der Waals surface area contributed by atoms with Gasteiger partial charge in [0.1, 0.15) is 6.61 Å². The summed E-state index contributed by atoms with van der Waals surface area (Å²) in [6.07, 6.45) is -3.47. The normalized spacial score (nSPS) is 15.0. The molecule has 1 atom stereocenters. The summed E-state index contributed by atoms with van der Waals surface area (Å²) >= 11 is 5.68. The summed E-state index contributed by atoms with van der Waals surface area (Å²) in [6, 6.07) is 0.175. The highest BCUT2D eigenvalue weighted by Crippen LogP contribution is 2.22. The Labute approximate surface area is 106 Å². The summed E-state index contributed by atoms with van der Waals surface area (Å²) in [6.45, 7) is 5.45. The van der Waals surface area contributed by atoms with E-state index in [-0.39, 0.29) is 18.1 Å². The molecule has 0 saturated carbocycles. The number of hydrogen-bond donors (Lipinski definition) is 1. The Morgan fingerprint density at radius 2 is 1.82 bits per heavy atom. The highest BCUT2D eigenvalue weighted by molar-refractivity contribution is 6.17. The first-order valence-corrected chi connectivity index (χ1v) is 6.14. The Hall–Kier alpha value is -0.0000000000000000555. The van der Waals surface area contributed by atoms with Gasteiger partial charge in [0.05, 0.1) is 6.61 Å². The molecule has 0 bridgehead atoms. The van der Waals surface area contributed by atoms with Crippen molar-refractivity contribution in [3.05, 3.63) is 0 Å². The smallest absolute Gasteiger partial charge is 0.371 e. The number of halogens is 4. The van der Waals surface area contributed by atoms with Crippen molar-refractivity contribution in [1.29, 1.82) is 0 Å². The molecule has 1 N–H and O–H groups in total. The molecular weight excluding hydrogens is 255 g/mol. The molecule has 17 heavy (non-hydrogen) atoms. The first kappa shape index (κ1) is 17.0. The largest absolute Gasteiger partial charge is 0.411 e. The van der Waals surface area contributed by atoms with Crippen molar-refractivity contribution >= 4 is 11.6 Å². The van der Waals surface area contributed by atoms with Crippen molar-refractivity contribution in [3.63, 3.8) is 0 Å². The zero-order valence-electron chi connectivity index (χ0n) is 10.5. The highest BCUT2D eigenvalue weighted by Gasteiger charge is 2.27. The van der Waals surface area contributed by atoms with Gasteiger partial charge in [0.25, 0.3) is 0 Å². The molecular formula is C11H21ClF3NO. The molecule has 0 radical (unpaired) electrons. The number of nitrogens with one attached hydrogen (secondary N) is 1. The molecule has 0 fully saturated rings. The van der Waals surface area contributed by atoms with Gasteiger partial charge in [-0.25, -0.2) is 0 Å². The van der Waals surface area contributed by atoms with Gasteiger partial charge in [0, 0.05) is 18.5 Å². The summed E-state index contributed by atoms with van der Waals surface area (Å²) in [7, 11) is 0. The van der Waals surface area contributed by atoms with Crippen molar-refractivity contribution < 1.29 is 17.9 Å². The van der Waals surface area contributed by atoms with Gasteiger partial charge in [-0.2, -0.15) is 13.2 Å². The summed E-state index contributed by atoms with van der Waals surface area (Å²) < 4.78 is 39.9. The van der Waals surface area contributed by atoms with Crippen LogP contribution in [0.25, 0.3) is 0 Å². The zero-order valence-corrected chi connectivity index (χ0v) is 11.3. The minimum absolute atomic E-state index is 0.0267. The molecule has 0 rings (SSSR count). The van der Waals surface area contributed by atoms with Gasteiger partial charge in [-0.05, 0) is 11.8 Å². The summed E-state index contributed by atoms with van der Waals surface area (Å²) in [5.41, 5.74) is 0.0267. The Bertz CT molecular complexity index is 204. The van der Waals surface area contributed by atoms with E-state index >= 15 is 0 Å². The van der Waals surface area contributed by atoms with E-state index in [4.69, 9.17) is 11.6 Å². The van der Waals surface area contributed by atoms with Crippen molar-refractivity contribution in [1.82, 2.24) is 5.32 Å². The van der Waals surface area contributed by atoms with E-state index < -0.39 is 12.8 Å². The van der Waals surface area contributed by atoms with Crippen LogP contribution in [0.3, 0.4) is 0 Å². The topological polar surface area (TPSA) is 21.3 Å². The molecule has 0 aromatic rings. The Kier molecular flexibility index (Phi) is 7.44.